The maximum Gasteiger partial charge on any atom is 0.253 e. The number of aromatic nitrogens is 2. The molecule has 2 aromatic heterocycles. The molecule has 1 unspecified atom stereocenters. The molecule has 0 bridgehead atoms. The number of benzene rings is 1. The van der Waals surface area contributed by atoms with E-state index in [4.69, 9.17) is 0 Å². The molecule has 0 radical (unpaired) electrons. The number of piperidine rings is 1. The number of H-pyrrole nitrogens is 1. The molecule has 6 nitrogen and oxygen atoms in total. The molecule has 1 aliphatic rings. The van der Waals surface area contributed by atoms with Gasteiger partial charge in [-0.15, -0.1) is 11.3 Å². The molecule has 0 spiro atoms. The first kappa shape index (κ1) is 15.8. The van der Waals surface area contributed by atoms with Crippen LogP contribution in [-0.2, 0) is 4.79 Å². The topological polar surface area (TPSA) is 78.1 Å². The van der Waals surface area contributed by atoms with Gasteiger partial charge in [0.1, 0.15) is 0 Å². The SMILES string of the molecule is O=C(Nc1nccs1)C1CCCN(C(=O)c2ccc3cc[nH]c3c2)C1. The molecular formula is C18H18N4O2S. The first-order valence-corrected chi connectivity index (χ1v) is 9.15. The van der Waals surface area contributed by atoms with E-state index in [1.165, 1.54) is 11.3 Å². The zero-order chi connectivity index (χ0) is 17.2. The minimum Gasteiger partial charge on any atom is -0.361 e. The molecule has 4 rings (SSSR count). The molecule has 0 aliphatic carbocycles. The van der Waals surface area contributed by atoms with Crippen LogP contribution in [0.1, 0.15) is 23.2 Å². The quantitative estimate of drug-likeness (QED) is 0.758. The summed E-state index contributed by atoms with van der Waals surface area (Å²) in [5.74, 6) is -0.286. The van der Waals surface area contributed by atoms with Gasteiger partial charge < -0.3 is 15.2 Å². The lowest BCUT2D eigenvalue weighted by Crippen LogP contribution is -2.43. The number of carbonyl (C=O) groups is 2. The Bertz CT molecular complexity index is 903. The van der Waals surface area contributed by atoms with Gasteiger partial charge >= 0.3 is 0 Å². The van der Waals surface area contributed by atoms with E-state index in [-0.39, 0.29) is 17.7 Å². The smallest absolute Gasteiger partial charge is 0.253 e. The molecule has 1 fully saturated rings. The molecule has 1 atom stereocenters. The average molecular weight is 354 g/mol. The van der Waals surface area contributed by atoms with E-state index in [0.717, 1.165) is 23.7 Å². The molecule has 7 heteroatoms. The maximum absolute atomic E-state index is 12.8. The highest BCUT2D eigenvalue weighted by Crippen LogP contribution is 2.22. The third kappa shape index (κ3) is 3.28. The largest absolute Gasteiger partial charge is 0.361 e. The van der Waals surface area contributed by atoms with E-state index in [9.17, 15) is 9.59 Å². The second-order valence-electron chi connectivity index (χ2n) is 6.20. The number of carbonyl (C=O) groups excluding carboxylic acids is 2. The maximum atomic E-state index is 12.8. The Morgan fingerprint density at radius 3 is 3.08 bits per heavy atom. The van der Waals surface area contributed by atoms with Crippen molar-refractivity contribution in [3.63, 3.8) is 0 Å². The summed E-state index contributed by atoms with van der Waals surface area (Å²) < 4.78 is 0. The predicted molar refractivity (Wildman–Crippen MR) is 97.7 cm³/mol. The van der Waals surface area contributed by atoms with E-state index in [1.807, 2.05) is 35.8 Å². The number of rotatable bonds is 3. The number of nitrogens with zero attached hydrogens (tertiary/aromatic N) is 2. The second kappa shape index (κ2) is 6.68. The number of fused-ring (bicyclic) bond motifs is 1. The average Bonchev–Trinajstić information content (AvgIpc) is 3.32. The van der Waals surface area contributed by atoms with Crippen molar-refractivity contribution in [2.75, 3.05) is 18.4 Å². The molecule has 1 aromatic carbocycles. The van der Waals surface area contributed by atoms with Crippen LogP contribution in [0.5, 0.6) is 0 Å². The highest BCUT2D eigenvalue weighted by atomic mass is 32.1. The van der Waals surface area contributed by atoms with Crippen molar-refractivity contribution in [1.82, 2.24) is 14.9 Å². The van der Waals surface area contributed by atoms with Gasteiger partial charge in [0.05, 0.1) is 5.92 Å². The number of anilines is 1. The highest BCUT2D eigenvalue weighted by Gasteiger charge is 2.29. The summed E-state index contributed by atoms with van der Waals surface area (Å²) in [6, 6.07) is 7.63. The molecule has 128 valence electrons. The molecule has 1 saturated heterocycles. The third-order valence-corrected chi connectivity index (χ3v) is 5.23. The molecule has 3 heterocycles. The van der Waals surface area contributed by atoms with Gasteiger partial charge in [0.2, 0.25) is 5.91 Å². The number of aromatic amines is 1. The zero-order valence-corrected chi connectivity index (χ0v) is 14.4. The van der Waals surface area contributed by atoms with Gasteiger partial charge in [-0.1, -0.05) is 6.07 Å². The first-order valence-electron chi connectivity index (χ1n) is 8.27. The normalized spacial score (nSPS) is 17.6. The lowest BCUT2D eigenvalue weighted by Gasteiger charge is -2.32. The van der Waals surface area contributed by atoms with Crippen LogP contribution in [0.4, 0.5) is 5.13 Å². The Labute approximate surface area is 148 Å². The fourth-order valence-corrected chi connectivity index (χ4v) is 3.76. The molecule has 1 aliphatic heterocycles. The van der Waals surface area contributed by atoms with Gasteiger partial charge in [0, 0.05) is 41.9 Å². The Balaban J connectivity index is 1.46. The second-order valence-corrected chi connectivity index (χ2v) is 7.09. The number of thiazole rings is 1. The predicted octanol–water partition coefficient (Wildman–Crippen LogP) is 3.12. The number of hydrogen-bond acceptors (Lipinski definition) is 4. The molecular weight excluding hydrogens is 336 g/mol. The minimum absolute atomic E-state index is 0.0248. The van der Waals surface area contributed by atoms with E-state index < -0.39 is 0 Å². The molecule has 2 N–H and O–H groups in total. The number of nitrogens with one attached hydrogen (secondary N) is 2. The van der Waals surface area contributed by atoms with Crippen LogP contribution in [0.15, 0.2) is 42.0 Å². The van der Waals surface area contributed by atoms with Crippen molar-refractivity contribution in [2.24, 2.45) is 5.92 Å². The van der Waals surface area contributed by atoms with Crippen LogP contribution < -0.4 is 5.32 Å². The van der Waals surface area contributed by atoms with Gasteiger partial charge in [-0.25, -0.2) is 4.98 Å². The van der Waals surface area contributed by atoms with Crippen LogP contribution in [0, 0.1) is 5.92 Å². The van der Waals surface area contributed by atoms with Crippen LogP contribution >= 0.6 is 11.3 Å². The molecule has 3 aromatic rings. The van der Waals surface area contributed by atoms with Crippen molar-refractivity contribution in [3.8, 4) is 0 Å². The van der Waals surface area contributed by atoms with Crippen molar-refractivity contribution in [3.05, 3.63) is 47.6 Å². The lowest BCUT2D eigenvalue weighted by molar-refractivity contribution is -0.121. The fraction of sp³-hybridized carbons (Fsp3) is 0.278. The summed E-state index contributed by atoms with van der Waals surface area (Å²) in [5, 5.41) is 6.34. The van der Waals surface area contributed by atoms with Crippen molar-refractivity contribution >= 4 is 39.2 Å². The number of hydrogen-bond donors (Lipinski definition) is 2. The summed E-state index contributed by atoms with van der Waals surface area (Å²) in [6.45, 7) is 1.13. The fourth-order valence-electron chi connectivity index (χ4n) is 3.23. The number of likely N-dealkylation sites (tertiary alicyclic amines) is 1. The van der Waals surface area contributed by atoms with Crippen molar-refractivity contribution < 1.29 is 9.59 Å². The van der Waals surface area contributed by atoms with Crippen LogP contribution in [-0.4, -0.2) is 39.8 Å². The lowest BCUT2D eigenvalue weighted by atomic mass is 9.96. The van der Waals surface area contributed by atoms with Gasteiger partial charge in [-0.3, -0.25) is 9.59 Å². The minimum atomic E-state index is -0.198. The first-order chi connectivity index (χ1) is 12.2. The van der Waals surface area contributed by atoms with Crippen LogP contribution in [0.3, 0.4) is 0 Å². The van der Waals surface area contributed by atoms with Gasteiger partial charge in [-0.05, 0) is 36.4 Å². The summed E-state index contributed by atoms with van der Waals surface area (Å²) >= 11 is 1.39. The Morgan fingerprint density at radius 1 is 1.32 bits per heavy atom. The van der Waals surface area contributed by atoms with Crippen LogP contribution in [0.2, 0.25) is 0 Å². The standard InChI is InChI=1S/C18H18N4O2S/c23-16(21-18-20-7-9-25-18)14-2-1-8-22(11-14)17(24)13-4-3-12-5-6-19-15(12)10-13/h3-7,9-10,14,19H,1-2,8,11H2,(H,20,21,23). The molecule has 0 saturated carbocycles. The Hall–Kier alpha value is -2.67. The van der Waals surface area contributed by atoms with E-state index >= 15 is 0 Å². The summed E-state index contributed by atoms with van der Waals surface area (Å²) in [6.07, 6.45) is 5.13. The van der Waals surface area contributed by atoms with Gasteiger partial charge in [0.15, 0.2) is 5.13 Å². The molecule has 25 heavy (non-hydrogen) atoms. The number of amides is 2. The summed E-state index contributed by atoms with van der Waals surface area (Å²) in [4.78, 5) is 34.2. The third-order valence-electron chi connectivity index (χ3n) is 4.54. The van der Waals surface area contributed by atoms with E-state index in [0.29, 0.717) is 23.8 Å². The van der Waals surface area contributed by atoms with Gasteiger partial charge in [0.25, 0.3) is 5.91 Å². The van der Waals surface area contributed by atoms with Crippen molar-refractivity contribution in [1.29, 1.82) is 0 Å². The molecule has 2 amide bonds. The van der Waals surface area contributed by atoms with E-state index in [2.05, 4.69) is 15.3 Å². The summed E-state index contributed by atoms with van der Waals surface area (Å²) in [7, 11) is 0. The monoisotopic (exact) mass is 354 g/mol. The van der Waals surface area contributed by atoms with Gasteiger partial charge in [-0.2, -0.15) is 0 Å². The van der Waals surface area contributed by atoms with Crippen molar-refractivity contribution in [2.45, 2.75) is 12.8 Å². The Morgan fingerprint density at radius 2 is 2.24 bits per heavy atom. The Kier molecular flexibility index (Phi) is 4.23. The highest BCUT2D eigenvalue weighted by molar-refractivity contribution is 7.13. The zero-order valence-electron chi connectivity index (χ0n) is 13.6. The van der Waals surface area contributed by atoms with Crippen LogP contribution in [0.25, 0.3) is 10.9 Å². The summed E-state index contributed by atoms with van der Waals surface area (Å²) in [5.41, 5.74) is 1.59. The van der Waals surface area contributed by atoms with E-state index in [1.54, 1.807) is 11.1 Å².